The second-order valence-electron chi connectivity index (χ2n) is 1.93. The molecule has 0 heterocycles. The number of rotatable bonds is 4. The van der Waals surface area contributed by atoms with Crippen molar-refractivity contribution in [1.82, 2.24) is 0 Å². The van der Waals surface area contributed by atoms with Crippen LogP contribution in [0, 0.1) is 5.21 Å². The highest BCUT2D eigenvalue weighted by molar-refractivity contribution is 7.51. The van der Waals surface area contributed by atoms with Gasteiger partial charge in [-0.05, 0) is 0 Å². The van der Waals surface area contributed by atoms with Gasteiger partial charge in [0.05, 0.1) is 0 Å². The van der Waals surface area contributed by atoms with E-state index in [1.807, 2.05) is 0 Å². The van der Waals surface area contributed by atoms with Gasteiger partial charge in [-0.25, -0.2) is 4.79 Å². The van der Waals surface area contributed by atoms with Crippen LogP contribution in [0.15, 0.2) is 0 Å². The minimum Gasteiger partial charge on any atom is -0.633 e. The Labute approximate surface area is 62.0 Å². The molecule has 7 nitrogen and oxygen atoms in total. The molecule has 0 aromatic carbocycles. The molecule has 66 valence electrons. The molecule has 0 aromatic heterocycles. The van der Waals surface area contributed by atoms with Gasteiger partial charge in [0.2, 0.25) is 0 Å². The number of aliphatic carboxylic acids is 1. The Morgan fingerprint density at radius 2 is 2.00 bits per heavy atom. The van der Waals surface area contributed by atoms with Crippen molar-refractivity contribution in [2.45, 2.75) is 0 Å². The summed E-state index contributed by atoms with van der Waals surface area (Å²) in [6.07, 6.45) is -1.00. The minimum atomic E-state index is -4.39. The van der Waals surface area contributed by atoms with E-state index in [0.29, 0.717) is 0 Å². The van der Waals surface area contributed by atoms with E-state index in [4.69, 9.17) is 14.9 Å². The summed E-state index contributed by atoms with van der Waals surface area (Å²) < 4.78 is 10.1. The highest BCUT2D eigenvalue weighted by atomic mass is 31.2. The largest absolute Gasteiger partial charge is 0.633 e. The van der Waals surface area contributed by atoms with Crippen LogP contribution >= 0.6 is 7.60 Å². The number of quaternary nitrogens is 1. The fraction of sp³-hybridized carbons (Fsp3) is 0.667. The number of nitrogens with one attached hydrogen (secondary N) is 1. The number of carboxylic acids is 1. The molecule has 0 saturated carbocycles. The van der Waals surface area contributed by atoms with Crippen molar-refractivity contribution in [3.63, 3.8) is 0 Å². The summed E-state index contributed by atoms with van der Waals surface area (Å²) in [7, 11) is -4.39. The predicted octanol–water partition coefficient (Wildman–Crippen LogP) is -2.41. The highest BCUT2D eigenvalue weighted by Crippen LogP contribution is 2.30. The summed E-state index contributed by atoms with van der Waals surface area (Å²) in [5, 5.41) is 17.4. The standard InChI is InChI=1S/C3H8NO6P/c5-3(6)1-4(7)2-11(8,9)10/h4H,1-2H2,(H,5,6)(H2,8,9,10). The Morgan fingerprint density at radius 1 is 1.55 bits per heavy atom. The van der Waals surface area contributed by atoms with E-state index in [2.05, 4.69) is 0 Å². The van der Waals surface area contributed by atoms with Crippen molar-refractivity contribution in [2.75, 3.05) is 12.8 Å². The Bertz CT molecular complexity index is 186. The number of carbonyl (C=O) groups is 1. The normalized spacial score (nSPS) is 14.5. The third kappa shape index (κ3) is 7.44. The van der Waals surface area contributed by atoms with Gasteiger partial charge in [0.25, 0.3) is 0 Å². The molecule has 0 bridgehead atoms. The van der Waals surface area contributed by atoms with Crippen LogP contribution in [-0.2, 0) is 9.36 Å². The lowest BCUT2D eigenvalue weighted by Gasteiger charge is -2.19. The van der Waals surface area contributed by atoms with E-state index in [0.717, 1.165) is 0 Å². The second-order valence-corrected chi connectivity index (χ2v) is 3.58. The van der Waals surface area contributed by atoms with Gasteiger partial charge in [0, 0.05) is 0 Å². The maximum Gasteiger partial charge on any atom is 0.379 e. The molecule has 0 aliphatic rings. The lowest BCUT2D eigenvalue weighted by atomic mass is 10.7. The lowest BCUT2D eigenvalue weighted by Crippen LogP contribution is -3.08. The molecule has 0 radical (unpaired) electrons. The predicted molar refractivity (Wildman–Crippen MR) is 33.7 cm³/mol. The molecule has 11 heavy (non-hydrogen) atoms. The lowest BCUT2D eigenvalue weighted by molar-refractivity contribution is -0.828. The van der Waals surface area contributed by atoms with Gasteiger partial charge in [-0.3, -0.25) is 4.57 Å². The van der Waals surface area contributed by atoms with Crippen LogP contribution in [0.3, 0.4) is 0 Å². The summed E-state index contributed by atoms with van der Waals surface area (Å²) in [5.74, 6) is -1.39. The van der Waals surface area contributed by atoms with Crippen LogP contribution in [0.2, 0.25) is 0 Å². The first-order valence-electron chi connectivity index (χ1n) is 2.59. The van der Waals surface area contributed by atoms with E-state index in [9.17, 15) is 14.6 Å². The van der Waals surface area contributed by atoms with E-state index in [-0.39, 0.29) is 0 Å². The SMILES string of the molecule is O=C(O)C[NH+]([O-])CP(=O)(O)O. The molecule has 4 N–H and O–H groups in total. The number of hydroxylamine groups is 2. The number of carboxylic acid groups (broad SMARTS) is 1. The Hall–Kier alpha value is -0.460. The van der Waals surface area contributed by atoms with Crippen molar-refractivity contribution in [1.29, 1.82) is 0 Å². The molecular weight excluding hydrogens is 177 g/mol. The monoisotopic (exact) mass is 185 g/mol. The highest BCUT2D eigenvalue weighted by Gasteiger charge is 2.19. The van der Waals surface area contributed by atoms with Crippen molar-refractivity contribution < 1.29 is 29.3 Å². The van der Waals surface area contributed by atoms with Gasteiger partial charge in [-0.1, -0.05) is 0 Å². The van der Waals surface area contributed by atoms with Crippen LogP contribution in [0.1, 0.15) is 0 Å². The van der Waals surface area contributed by atoms with Crippen LogP contribution in [0.4, 0.5) is 0 Å². The smallest absolute Gasteiger partial charge is 0.379 e. The van der Waals surface area contributed by atoms with Crippen LogP contribution in [0.5, 0.6) is 0 Å². The summed E-state index contributed by atoms with van der Waals surface area (Å²) in [6, 6.07) is 0. The van der Waals surface area contributed by atoms with E-state index in [1.54, 1.807) is 0 Å². The van der Waals surface area contributed by atoms with Gasteiger partial charge in [0.1, 0.15) is 0 Å². The number of hydrogen-bond acceptors (Lipinski definition) is 3. The maximum atomic E-state index is 10.4. The molecule has 0 amide bonds. The average Bonchev–Trinajstić information content (AvgIpc) is 1.53. The molecule has 0 aliphatic carbocycles. The minimum absolute atomic E-state index is 0.842. The van der Waals surface area contributed by atoms with Crippen molar-refractivity contribution in [3.8, 4) is 0 Å². The van der Waals surface area contributed by atoms with Crippen LogP contribution < -0.4 is 5.06 Å². The third-order valence-electron chi connectivity index (χ3n) is 0.731. The Morgan fingerprint density at radius 3 is 2.27 bits per heavy atom. The second kappa shape index (κ2) is 3.80. The zero-order valence-electron chi connectivity index (χ0n) is 5.43. The Balaban J connectivity index is 3.79. The summed E-state index contributed by atoms with van der Waals surface area (Å²) in [6.45, 7) is -0.842. The molecule has 0 aromatic rings. The van der Waals surface area contributed by atoms with Crippen LogP contribution in [-0.4, -0.2) is 33.7 Å². The van der Waals surface area contributed by atoms with E-state index in [1.165, 1.54) is 0 Å². The fourth-order valence-corrected chi connectivity index (χ4v) is 1.03. The molecule has 1 unspecified atom stereocenters. The summed E-state index contributed by atoms with van der Waals surface area (Å²) in [4.78, 5) is 26.2. The molecule has 0 rings (SSSR count). The maximum absolute atomic E-state index is 10.4. The van der Waals surface area contributed by atoms with Crippen molar-refractivity contribution >= 4 is 13.6 Å². The fourth-order valence-electron chi connectivity index (χ4n) is 0.454. The van der Waals surface area contributed by atoms with Gasteiger partial charge < -0.3 is 25.2 Å². The first-order chi connectivity index (χ1) is 4.81. The molecule has 8 heteroatoms. The summed E-state index contributed by atoms with van der Waals surface area (Å²) in [5.41, 5.74) is 0. The zero-order valence-corrected chi connectivity index (χ0v) is 6.32. The molecule has 0 aliphatic heterocycles. The van der Waals surface area contributed by atoms with E-state index < -0.39 is 31.5 Å². The third-order valence-corrected chi connectivity index (χ3v) is 1.50. The first-order valence-corrected chi connectivity index (χ1v) is 4.39. The van der Waals surface area contributed by atoms with Gasteiger partial charge in [0.15, 0.2) is 12.8 Å². The number of hydrogen-bond donors (Lipinski definition) is 4. The summed E-state index contributed by atoms with van der Waals surface area (Å²) >= 11 is 0. The van der Waals surface area contributed by atoms with Crippen molar-refractivity contribution in [3.05, 3.63) is 5.21 Å². The average molecular weight is 185 g/mol. The van der Waals surface area contributed by atoms with Gasteiger partial charge in [-0.2, -0.15) is 0 Å². The Kier molecular flexibility index (Phi) is 3.64. The van der Waals surface area contributed by atoms with Crippen molar-refractivity contribution in [2.24, 2.45) is 0 Å². The quantitative estimate of drug-likeness (QED) is 0.286. The molecule has 0 saturated heterocycles. The molecule has 1 atom stereocenters. The molecule has 0 spiro atoms. The van der Waals surface area contributed by atoms with E-state index >= 15 is 0 Å². The van der Waals surface area contributed by atoms with Gasteiger partial charge in [-0.15, -0.1) is 0 Å². The molecular formula is C3H8NO6P. The zero-order chi connectivity index (χ0) is 9.07. The topological polar surface area (TPSA) is 122 Å². The van der Waals surface area contributed by atoms with Gasteiger partial charge >= 0.3 is 13.6 Å². The first kappa shape index (κ1) is 10.5. The molecule has 0 fully saturated rings. The van der Waals surface area contributed by atoms with Crippen LogP contribution in [0.25, 0.3) is 0 Å².